The van der Waals surface area contributed by atoms with E-state index in [2.05, 4.69) is 5.32 Å². The predicted molar refractivity (Wildman–Crippen MR) is 162 cm³/mol. The van der Waals surface area contributed by atoms with Crippen molar-refractivity contribution in [1.82, 2.24) is 10.2 Å². The molecular formula is C32H29ClF2N2O5S. The summed E-state index contributed by atoms with van der Waals surface area (Å²) in [7, 11) is 1.54. The first-order valence-corrected chi connectivity index (χ1v) is 15.0. The minimum atomic E-state index is -1.08. The molecule has 3 aromatic carbocycles. The number of nitrogens with one attached hydrogen (secondary N) is 1. The number of hydrogen-bond acceptors (Lipinski definition) is 5. The number of aldehydes is 1. The fourth-order valence-corrected chi connectivity index (χ4v) is 7.15. The number of halogens is 3. The minimum Gasteiger partial charge on any atom is -0.496 e. The van der Waals surface area contributed by atoms with Crippen LogP contribution in [0.25, 0.3) is 21.2 Å². The summed E-state index contributed by atoms with van der Waals surface area (Å²) in [6, 6.07) is 14.5. The lowest BCUT2D eigenvalue weighted by molar-refractivity contribution is 0.0592. The van der Waals surface area contributed by atoms with E-state index in [1.807, 2.05) is 30.3 Å². The van der Waals surface area contributed by atoms with Crippen LogP contribution in [0.5, 0.6) is 5.75 Å². The molecule has 1 heterocycles. The topological polar surface area (TPSA) is 95.9 Å². The zero-order chi connectivity index (χ0) is 30.7. The third-order valence-corrected chi connectivity index (χ3v) is 9.61. The monoisotopic (exact) mass is 626 g/mol. The molecule has 1 saturated carbocycles. The molecule has 4 aromatic rings. The molecular weight excluding hydrogens is 598 g/mol. The molecule has 5 rings (SSSR count). The maximum absolute atomic E-state index is 14.7. The molecule has 224 valence electrons. The Morgan fingerprint density at radius 3 is 2.35 bits per heavy atom. The molecule has 1 aromatic heterocycles. The van der Waals surface area contributed by atoms with Crippen LogP contribution < -0.4 is 10.1 Å². The number of ether oxygens (including phenoxy) is 1. The van der Waals surface area contributed by atoms with Crippen molar-refractivity contribution in [3.8, 4) is 16.9 Å². The summed E-state index contributed by atoms with van der Waals surface area (Å²) in [6.07, 6.45) is 2.30. The highest BCUT2D eigenvalue weighted by molar-refractivity contribution is 7.21. The highest BCUT2D eigenvalue weighted by atomic mass is 35.5. The summed E-state index contributed by atoms with van der Waals surface area (Å²) in [5.41, 5.74) is 3.00. The van der Waals surface area contributed by atoms with Gasteiger partial charge in [-0.1, -0.05) is 41.9 Å². The van der Waals surface area contributed by atoms with Gasteiger partial charge in [-0.15, -0.1) is 11.3 Å². The van der Waals surface area contributed by atoms with Crippen LogP contribution in [0.3, 0.4) is 0 Å². The number of methoxy groups -OCH3 is 1. The van der Waals surface area contributed by atoms with Gasteiger partial charge in [-0.05, 0) is 67.0 Å². The Morgan fingerprint density at radius 1 is 1.05 bits per heavy atom. The molecule has 11 heteroatoms. The maximum Gasteiger partial charge on any atom is 0.404 e. The predicted octanol–water partition coefficient (Wildman–Crippen LogP) is 7.79. The molecule has 1 fully saturated rings. The number of thiophene rings is 1. The van der Waals surface area contributed by atoms with Gasteiger partial charge in [0, 0.05) is 30.3 Å². The molecule has 0 saturated heterocycles. The Bertz CT molecular complexity index is 1670. The number of carboxylic acid groups (broad SMARTS) is 1. The van der Waals surface area contributed by atoms with Crippen LogP contribution in [-0.2, 0) is 6.54 Å². The van der Waals surface area contributed by atoms with Crippen LogP contribution in [0.4, 0.5) is 13.6 Å². The van der Waals surface area contributed by atoms with Crippen LogP contribution in [0.2, 0.25) is 5.02 Å². The quantitative estimate of drug-likeness (QED) is 0.185. The zero-order valence-electron chi connectivity index (χ0n) is 23.2. The lowest BCUT2D eigenvalue weighted by atomic mass is 9.85. The van der Waals surface area contributed by atoms with Crippen LogP contribution in [0, 0.1) is 17.6 Å². The normalized spacial score (nSPS) is 16.6. The van der Waals surface area contributed by atoms with Crippen LogP contribution in [-0.4, -0.2) is 48.0 Å². The van der Waals surface area contributed by atoms with Crippen molar-refractivity contribution in [2.75, 3.05) is 13.7 Å². The van der Waals surface area contributed by atoms with Crippen molar-refractivity contribution in [1.29, 1.82) is 0 Å². The van der Waals surface area contributed by atoms with E-state index < -0.39 is 23.6 Å². The van der Waals surface area contributed by atoms with Gasteiger partial charge in [0.2, 0.25) is 0 Å². The first-order chi connectivity index (χ1) is 20.7. The Morgan fingerprint density at radius 2 is 1.72 bits per heavy atom. The molecule has 2 N–H and O–H groups in total. The SMILES string of the molecule is COc1ccc(-c2ccc(C=O)cc2)cc1CN(C(=O)c1sc2c(F)ccc(F)c2c1Cl)C1CCC(CNC(=O)O)CC1. The number of fused-ring (bicyclic) bond motifs is 1. The zero-order valence-corrected chi connectivity index (χ0v) is 24.8. The van der Waals surface area contributed by atoms with Crippen molar-refractivity contribution < 1.29 is 33.0 Å². The second-order valence-corrected chi connectivity index (χ2v) is 11.9. The van der Waals surface area contributed by atoms with E-state index >= 15 is 0 Å². The number of rotatable bonds is 9. The first-order valence-electron chi connectivity index (χ1n) is 13.8. The van der Waals surface area contributed by atoms with Gasteiger partial charge in [0.15, 0.2) is 0 Å². The number of carbonyl (C=O) groups excluding carboxylic acids is 2. The second kappa shape index (κ2) is 13.1. The van der Waals surface area contributed by atoms with Gasteiger partial charge in [0.05, 0.1) is 22.2 Å². The molecule has 0 aliphatic heterocycles. The van der Waals surface area contributed by atoms with Crippen molar-refractivity contribution >= 4 is 51.3 Å². The van der Waals surface area contributed by atoms with Gasteiger partial charge >= 0.3 is 6.09 Å². The lowest BCUT2D eigenvalue weighted by Crippen LogP contribution is -2.43. The number of amides is 2. The van der Waals surface area contributed by atoms with E-state index in [9.17, 15) is 23.2 Å². The summed E-state index contributed by atoms with van der Waals surface area (Å²) in [5, 5.41) is 11.2. The minimum absolute atomic E-state index is 0.0184. The van der Waals surface area contributed by atoms with Crippen LogP contribution in [0.1, 0.15) is 51.3 Å². The largest absolute Gasteiger partial charge is 0.496 e. The molecule has 0 radical (unpaired) electrons. The van der Waals surface area contributed by atoms with Gasteiger partial charge in [-0.2, -0.15) is 0 Å². The second-order valence-electron chi connectivity index (χ2n) is 10.5. The molecule has 0 atom stereocenters. The van der Waals surface area contributed by atoms with E-state index in [-0.39, 0.29) is 38.5 Å². The summed E-state index contributed by atoms with van der Waals surface area (Å²) < 4.78 is 34.9. The van der Waals surface area contributed by atoms with Gasteiger partial charge in [0.25, 0.3) is 5.91 Å². The van der Waals surface area contributed by atoms with Gasteiger partial charge in [-0.3, -0.25) is 9.59 Å². The van der Waals surface area contributed by atoms with Crippen LogP contribution >= 0.6 is 22.9 Å². The highest BCUT2D eigenvalue weighted by Gasteiger charge is 2.33. The molecule has 2 amide bonds. The van der Waals surface area contributed by atoms with E-state index in [0.29, 0.717) is 43.5 Å². The standard InChI is InChI=1S/C32H29ClF2N2O5S/c1-42-26-13-8-21(20-6-2-19(17-38)3-7-20)14-22(26)16-37(23-9-4-18(5-10-23)15-36-32(40)41)31(39)30-28(33)27-24(34)11-12-25(35)29(27)43-30/h2-3,6-8,11-14,17-18,23,36H,4-5,9-10,15-16H2,1H3,(H,40,41). The third kappa shape index (κ3) is 6.50. The Kier molecular flexibility index (Phi) is 9.27. The molecule has 0 unspecified atom stereocenters. The number of benzene rings is 3. The molecule has 43 heavy (non-hydrogen) atoms. The summed E-state index contributed by atoms with van der Waals surface area (Å²) >= 11 is 7.37. The van der Waals surface area contributed by atoms with E-state index in [4.69, 9.17) is 21.4 Å². The summed E-state index contributed by atoms with van der Waals surface area (Å²) in [4.78, 5) is 38.1. The number of carbonyl (C=O) groups is 3. The molecule has 0 bridgehead atoms. The van der Waals surface area contributed by atoms with Gasteiger partial charge < -0.3 is 20.1 Å². The van der Waals surface area contributed by atoms with Crippen LogP contribution in [0.15, 0.2) is 54.6 Å². The lowest BCUT2D eigenvalue weighted by Gasteiger charge is -2.37. The average Bonchev–Trinajstić information content (AvgIpc) is 3.38. The number of nitrogens with zero attached hydrogens (tertiary/aromatic N) is 1. The first kappa shape index (κ1) is 30.4. The van der Waals surface area contributed by atoms with Crippen molar-refractivity contribution in [3.63, 3.8) is 0 Å². The average molecular weight is 627 g/mol. The molecule has 0 spiro atoms. The fraction of sp³-hybridized carbons (Fsp3) is 0.281. The molecule has 1 aliphatic rings. The maximum atomic E-state index is 14.7. The highest BCUT2D eigenvalue weighted by Crippen LogP contribution is 2.41. The summed E-state index contributed by atoms with van der Waals surface area (Å²) in [5.74, 6) is -1.11. The summed E-state index contributed by atoms with van der Waals surface area (Å²) in [6.45, 7) is 0.468. The fourth-order valence-electron chi connectivity index (χ4n) is 5.64. The third-order valence-electron chi connectivity index (χ3n) is 7.94. The Balaban J connectivity index is 1.51. The van der Waals surface area contributed by atoms with Gasteiger partial charge in [0.1, 0.15) is 28.5 Å². The van der Waals surface area contributed by atoms with Crippen molar-refractivity contribution in [2.24, 2.45) is 5.92 Å². The van der Waals surface area contributed by atoms with Gasteiger partial charge in [-0.25, -0.2) is 13.6 Å². The smallest absolute Gasteiger partial charge is 0.404 e. The number of hydrogen-bond donors (Lipinski definition) is 2. The molecule has 7 nitrogen and oxygen atoms in total. The molecule has 1 aliphatic carbocycles. The van der Waals surface area contributed by atoms with Crippen molar-refractivity contribution in [2.45, 2.75) is 38.3 Å². The Labute approximate surface area is 256 Å². The van der Waals surface area contributed by atoms with E-state index in [1.54, 1.807) is 24.1 Å². The van der Waals surface area contributed by atoms with E-state index in [0.717, 1.165) is 46.4 Å². The Hall–Kier alpha value is -4.02. The van der Waals surface area contributed by atoms with Crippen molar-refractivity contribution in [3.05, 3.63) is 87.3 Å². The van der Waals surface area contributed by atoms with E-state index in [1.165, 1.54) is 0 Å².